The van der Waals surface area contributed by atoms with Crippen molar-refractivity contribution in [3.63, 3.8) is 0 Å². The number of nitrogens with one attached hydrogen (secondary N) is 1. The van der Waals surface area contributed by atoms with Crippen molar-refractivity contribution >= 4 is 23.2 Å². The second kappa shape index (κ2) is 6.80. The van der Waals surface area contributed by atoms with Crippen LogP contribution >= 0.6 is 11.6 Å². The van der Waals surface area contributed by atoms with Crippen LogP contribution in [0.2, 0.25) is 5.02 Å². The Kier molecular flexibility index (Phi) is 4.57. The fourth-order valence-corrected chi connectivity index (χ4v) is 2.51. The number of aryl methyl sites for hydroxylation is 1. The molecule has 0 radical (unpaired) electrons. The second-order valence-corrected chi connectivity index (χ2v) is 5.81. The van der Waals surface area contributed by atoms with Gasteiger partial charge in [-0.05, 0) is 31.5 Å². The third kappa shape index (κ3) is 3.44. The fourth-order valence-electron chi connectivity index (χ4n) is 2.39. The molecule has 3 rings (SSSR count). The Morgan fingerprint density at radius 3 is 2.62 bits per heavy atom. The lowest BCUT2D eigenvalue weighted by Crippen LogP contribution is -2.15. The number of nitrogens with zero attached hydrogens (tertiary/aromatic N) is 4. The van der Waals surface area contributed by atoms with Gasteiger partial charge >= 0.3 is 0 Å². The average Bonchev–Trinajstić information content (AvgIpc) is 2.85. The van der Waals surface area contributed by atoms with E-state index in [2.05, 4.69) is 20.4 Å². The van der Waals surface area contributed by atoms with Crippen LogP contribution in [0.5, 0.6) is 0 Å². The number of benzene rings is 1. The van der Waals surface area contributed by atoms with Gasteiger partial charge in [0.1, 0.15) is 5.69 Å². The lowest BCUT2D eigenvalue weighted by atomic mass is 10.2. The van der Waals surface area contributed by atoms with Crippen LogP contribution in [0.3, 0.4) is 0 Å². The predicted molar refractivity (Wildman–Crippen MR) is 92.2 cm³/mol. The predicted octanol–water partition coefficient (Wildman–Crippen LogP) is 3.24. The summed E-state index contributed by atoms with van der Waals surface area (Å²) in [6, 6.07) is 7.60. The summed E-state index contributed by atoms with van der Waals surface area (Å²) in [7, 11) is 0. The molecule has 0 aliphatic rings. The zero-order valence-corrected chi connectivity index (χ0v) is 14.1. The molecule has 24 heavy (non-hydrogen) atoms. The van der Waals surface area contributed by atoms with Gasteiger partial charge in [0.15, 0.2) is 0 Å². The summed E-state index contributed by atoms with van der Waals surface area (Å²) in [5.74, 6) is -0.305. The van der Waals surface area contributed by atoms with Crippen LogP contribution in [0.4, 0.5) is 5.69 Å². The monoisotopic (exact) mass is 341 g/mol. The number of carbonyl (C=O) groups excluding carboxylic acids is 1. The van der Waals surface area contributed by atoms with Gasteiger partial charge in [-0.25, -0.2) is 4.98 Å². The summed E-state index contributed by atoms with van der Waals surface area (Å²) in [5.41, 5.74) is 3.66. The molecule has 0 fully saturated rings. The van der Waals surface area contributed by atoms with E-state index in [-0.39, 0.29) is 11.6 Å². The fraction of sp³-hybridized carbons (Fsp3) is 0.176. The number of rotatable bonds is 4. The largest absolute Gasteiger partial charge is 0.317 e. The summed E-state index contributed by atoms with van der Waals surface area (Å²) in [4.78, 5) is 20.2. The standard InChI is InChI=1S/C17H16ClN5O/c1-11-16(21-17(24)15-9-19-7-8-20-15)12(2)23(22-11)10-13-3-5-14(18)6-4-13/h3-9H,10H2,1-2H3,(H,21,24). The summed E-state index contributed by atoms with van der Waals surface area (Å²) in [5, 5.41) is 8.07. The van der Waals surface area contributed by atoms with E-state index >= 15 is 0 Å². The highest BCUT2D eigenvalue weighted by molar-refractivity contribution is 6.30. The molecule has 1 N–H and O–H groups in total. The molecule has 0 saturated carbocycles. The number of hydrogen-bond acceptors (Lipinski definition) is 4. The van der Waals surface area contributed by atoms with Crippen LogP contribution in [0.1, 0.15) is 27.4 Å². The summed E-state index contributed by atoms with van der Waals surface area (Å²) in [6.07, 6.45) is 4.44. The van der Waals surface area contributed by atoms with Gasteiger partial charge in [0.05, 0.1) is 29.8 Å². The maximum atomic E-state index is 12.3. The van der Waals surface area contributed by atoms with Crippen molar-refractivity contribution in [3.8, 4) is 0 Å². The Hall–Kier alpha value is -2.73. The minimum atomic E-state index is -0.305. The van der Waals surface area contributed by atoms with Crippen LogP contribution in [-0.4, -0.2) is 25.7 Å². The van der Waals surface area contributed by atoms with Crippen LogP contribution in [-0.2, 0) is 6.54 Å². The molecule has 0 aliphatic heterocycles. The number of hydrogen-bond donors (Lipinski definition) is 1. The number of halogens is 1. The van der Waals surface area contributed by atoms with Crippen LogP contribution in [0, 0.1) is 13.8 Å². The smallest absolute Gasteiger partial charge is 0.275 e. The SMILES string of the molecule is Cc1nn(Cc2ccc(Cl)cc2)c(C)c1NC(=O)c1cnccn1. The van der Waals surface area contributed by atoms with Gasteiger partial charge < -0.3 is 5.32 Å². The molecule has 0 bridgehead atoms. The number of amides is 1. The van der Waals surface area contributed by atoms with E-state index in [1.165, 1.54) is 18.6 Å². The number of aromatic nitrogens is 4. The maximum Gasteiger partial charge on any atom is 0.275 e. The van der Waals surface area contributed by atoms with Crippen molar-refractivity contribution in [3.05, 3.63) is 70.5 Å². The number of carbonyl (C=O) groups is 1. The second-order valence-electron chi connectivity index (χ2n) is 5.37. The molecule has 3 aromatic rings. The van der Waals surface area contributed by atoms with Gasteiger partial charge in [0.25, 0.3) is 5.91 Å². The highest BCUT2D eigenvalue weighted by atomic mass is 35.5. The lowest BCUT2D eigenvalue weighted by Gasteiger charge is -2.07. The molecule has 2 heterocycles. The Balaban J connectivity index is 1.81. The normalized spacial score (nSPS) is 10.6. The third-order valence-electron chi connectivity index (χ3n) is 3.66. The Morgan fingerprint density at radius 1 is 1.21 bits per heavy atom. The molecule has 1 amide bonds. The van der Waals surface area contributed by atoms with Gasteiger partial charge in [-0.3, -0.25) is 14.5 Å². The van der Waals surface area contributed by atoms with Gasteiger partial charge in [0.2, 0.25) is 0 Å². The first kappa shape index (κ1) is 16.1. The van der Waals surface area contributed by atoms with Crippen molar-refractivity contribution in [1.82, 2.24) is 19.7 Å². The summed E-state index contributed by atoms with van der Waals surface area (Å²) < 4.78 is 1.85. The van der Waals surface area contributed by atoms with Gasteiger partial charge in [-0.1, -0.05) is 23.7 Å². The first-order chi connectivity index (χ1) is 11.5. The topological polar surface area (TPSA) is 72.7 Å². The zero-order valence-electron chi connectivity index (χ0n) is 13.3. The van der Waals surface area contributed by atoms with Crippen LogP contribution in [0.15, 0.2) is 42.9 Å². The van der Waals surface area contributed by atoms with Gasteiger partial charge in [-0.15, -0.1) is 0 Å². The van der Waals surface area contributed by atoms with E-state index in [1.54, 1.807) is 0 Å². The molecule has 0 saturated heterocycles. The van der Waals surface area contributed by atoms with Gasteiger partial charge in [0, 0.05) is 17.4 Å². The minimum Gasteiger partial charge on any atom is -0.317 e. The molecular weight excluding hydrogens is 326 g/mol. The zero-order chi connectivity index (χ0) is 17.1. The number of anilines is 1. The lowest BCUT2D eigenvalue weighted by molar-refractivity contribution is 0.102. The van der Waals surface area contributed by atoms with E-state index in [0.29, 0.717) is 17.3 Å². The molecule has 6 nitrogen and oxygen atoms in total. The first-order valence-corrected chi connectivity index (χ1v) is 7.78. The molecule has 7 heteroatoms. The van der Waals surface area contributed by atoms with Crippen molar-refractivity contribution < 1.29 is 4.79 Å². The molecule has 0 unspecified atom stereocenters. The maximum absolute atomic E-state index is 12.3. The Bertz CT molecular complexity index is 859. The molecular formula is C17H16ClN5O. The molecule has 0 atom stereocenters. The molecule has 0 aliphatic carbocycles. The molecule has 1 aromatic carbocycles. The summed E-state index contributed by atoms with van der Waals surface area (Å²) in [6.45, 7) is 4.38. The van der Waals surface area contributed by atoms with Crippen molar-refractivity contribution in [1.29, 1.82) is 0 Å². The quantitative estimate of drug-likeness (QED) is 0.790. The van der Waals surface area contributed by atoms with Crippen LogP contribution < -0.4 is 5.32 Å². The molecule has 0 spiro atoms. The van der Waals surface area contributed by atoms with E-state index in [9.17, 15) is 4.79 Å². The third-order valence-corrected chi connectivity index (χ3v) is 3.91. The van der Waals surface area contributed by atoms with Crippen molar-refractivity contribution in [2.24, 2.45) is 0 Å². The Morgan fingerprint density at radius 2 is 1.96 bits per heavy atom. The minimum absolute atomic E-state index is 0.266. The highest BCUT2D eigenvalue weighted by Crippen LogP contribution is 2.21. The highest BCUT2D eigenvalue weighted by Gasteiger charge is 2.16. The first-order valence-electron chi connectivity index (χ1n) is 7.40. The average molecular weight is 342 g/mol. The molecule has 2 aromatic heterocycles. The van der Waals surface area contributed by atoms with E-state index in [1.807, 2.05) is 42.8 Å². The van der Waals surface area contributed by atoms with E-state index in [0.717, 1.165) is 17.0 Å². The van der Waals surface area contributed by atoms with Gasteiger partial charge in [-0.2, -0.15) is 5.10 Å². The molecule has 122 valence electrons. The Labute approximate surface area is 144 Å². The van der Waals surface area contributed by atoms with E-state index < -0.39 is 0 Å². The van der Waals surface area contributed by atoms with Crippen molar-refractivity contribution in [2.45, 2.75) is 20.4 Å². The van der Waals surface area contributed by atoms with Crippen molar-refractivity contribution in [2.75, 3.05) is 5.32 Å². The summed E-state index contributed by atoms with van der Waals surface area (Å²) >= 11 is 5.91. The van der Waals surface area contributed by atoms with E-state index in [4.69, 9.17) is 11.6 Å². The van der Waals surface area contributed by atoms with Crippen LogP contribution in [0.25, 0.3) is 0 Å².